The number of hydrogen-bond acceptors (Lipinski definition) is 5. The normalized spacial score (nSPS) is 22.5. The van der Waals surface area contributed by atoms with E-state index in [1.807, 2.05) is 6.92 Å². The number of hydrogen-bond donors (Lipinski definition) is 3. The fraction of sp³-hybridized carbons (Fsp3) is 0.519. The van der Waals surface area contributed by atoms with Gasteiger partial charge in [0, 0.05) is 31.2 Å². The smallest absolute Gasteiger partial charge is 0.418 e. The Morgan fingerprint density at radius 2 is 1.86 bits per heavy atom. The van der Waals surface area contributed by atoms with Crippen molar-refractivity contribution in [3.05, 3.63) is 54.1 Å². The number of likely N-dealkylation sites (tertiary alicyclic amines) is 2. The zero-order valence-corrected chi connectivity index (χ0v) is 20.9. The number of benzene rings is 1. The number of carbonyl (C=O) groups is 2. The average molecular weight is 522 g/mol. The van der Waals surface area contributed by atoms with E-state index in [-0.39, 0.29) is 44.1 Å². The summed E-state index contributed by atoms with van der Waals surface area (Å²) in [5.74, 6) is -1.88. The Morgan fingerprint density at radius 1 is 1.22 bits per heavy atom. The summed E-state index contributed by atoms with van der Waals surface area (Å²) in [4.78, 5) is 29.6. The summed E-state index contributed by atoms with van der Waals surface area (Å²) >= 11 is 0. The SMILES string of the molecule is C=C/C=C(\C(=N)C(=O)N1CCCC(C(=O)N2CCC(O)(c3ccccc3O)CC2)C1CCC)C(F)(F)F. The zero-order chi connectivity index (χ0) is 27.4. The highest BCUT2D eigenvalue weighted by atomic mass is 19.4. The van der Waals surface area contributed by atoms with Crippen molar-refractivity contribution in [2.75, 3.05) is 19.6 Å². The van der Waals surface area contributed by atoms with Crippen LogP contribution in [0.5, 0.6) is 5.75 Å². The molecule has 0 spiro atoms. The van der Waals surface area contributed by atoms with Gasteiger partial charge in [0.1, 0.15) is 11.5 Å². The summed E-state index contributed by atoms with van der Waals surface area (Å²) in [6.45, 7) is 5.77. The van der Waals surface area contributed by atoms with Crippen molar-refractivity contribution in [1.82, 2.24) is 9.80 Å². The zero-order valence-electron chi connectivity index (χ0n) is 20.9. The maximum Gasteiger partial charge on any atom is 0.418 e. The molecule has 37 heavy (non-hydrogen) atoms. The van der Waals surface area contributed by atoms with Crippen LogP contribution in [0, 0.1) is 11.3 Å². The van der Waals surface area contributed by atoms with E-state index in [9.17, 15) is 33.0 Å². The highest BCUT2D eigenvalue weighted by molar-refractivity contribution is 6.44. The van der Waals surface area contributed by atoms with Gasteiger partial charge in [-0.15, -0.1) is 0 Å². The summed E-state index contributed by atoms with van der Waals surface area (Å²) in [6.07, 6.45) is -1.02. The summed E-state index contributed by atoms with van der Waals surface area (Å²) in [7, 11) is 0. The standard InChI is InChI=1S/C27H34F3N3O4/c1-3-8-20(27(28,29)30)23(31)25(36)33-15-7-10-18(21(33)9-4-2)24(35)32-16-13-26(37,14-17-32)19-11-5-6-12-22(19)34/h3,5-6,8,11-12,18,21,31,34,37H,1,4,7,9-10,13-17H2,2H3/b20-8+,31-23?. The lowest BCUT2D eigenvalue weighted by Crippen LogP contribution is -2.56. The number of aromatic hydroxyl groups is 1. The minimum absolute atomic E-state index is 0.0135. The Kier molecular flexibility index (Phi) is 8.84. The molecule has 1 aromatic carbocycles. The van der Waals surface area contributed by atoms with E-state index in [2.05, 4.69) is 6.58 Å². The second-order valence-electron chi connectivity index (χ2n) is 9.67. The highest BCUT2D eigenvalue weighted by Crippen LogP contribution is 2.39. The van der Waals surface area contributed by atoms with Crippen molar-refractivity contribution < 1.29 is 33.0 Å². The number of halogens is 3. The molecule has 3 rings (SSSR count). The summed E-state index contributed by atoms with van der Waals surface area (Å²) in [6, 6.07) is 5.91. The second-order valence-corrected chi connectivity index (χ2v) is 9.67. The van der Waals surface area contributed by atoms with Crippen LogP contribution in [0.2, 0.25) is 0 Å². The molecule has 202 valence electrons. The number of piperidine rings is 2. The van der Waals surface area contributed by atoms with Crippen LogP contribution >= 0.6 is 0 Å². The maximum absolute atomic E-state index is 13.6. The van der Waals surface area contributed by atoms with Gasteiger partial charge in [-0.05, 0) is 44.2 Å². The molecule has 7 nitrogen and oxygen atoms in total. The third-order valence-corrected chi connectivity index (χ3v) is 7.32. The molecular formula is C27H34F3N3O4. The van der Waals surface area contributed by atoms with Gasteiger partial charge in [0.15, 0.2) is 0 Å². The molecule has 0 aliphatic carbocycles. The average Bonchev–Trinajstić information content (AvgIpc) is 2.86. The molecular weight excluding hydrogens is 487 g/mol. The number of alkyl halides is 3. The molecule has 0 saturated carbocycles. The van der Waals surface area contributed by atoms with Gasteiger partial charge in [0.05, 0.1) is 17.1 Å². The minimum Gasteiger partial charge on any atom is -0.508 e. The number of nitrogens with zero attached hydrogens (tertiary/aromatic N) is 2. The van der Waals surface area contributed by atoms with Crippen LogP contribution in [0.1, 0.15) is 51.0 Å². The molecule has 3 N–H and O–H groups in total. The van der Waals surface area contributed by atoms with Gasteiger partial charge in [0.25, 0.3) is 5.91 Å². The molecule has 2 aliphatic rings. The first-order valence-electron chi connectivity index (χ1n) is 12.5. The monoisotopic (exact) mass is 521 g/mol. The Bertz CT molecular complexity index is 1060. The number of phenols is 1. The van der Waals surface area contributed by atoms with E-state index in [1.165, 1.54) is 11.0 Å². The predicted molar refractivity (Wildman–Crippen MR) is 133 cm³/mol. The first-order chi connectivity index (χ1) is 17.4. The molecule has 2 amide bonds. The number of nitrogens with one attached hydrogen (secondary N) is 1. The molecule has 2 unspecified atom stereocenters. The van der Waals surface area contributed by atoms with Crippen LogP contribution in [0.4, 0.5) is 13.2 Å². The van der Waals surface area contributed by atoms with Crippen LogP contribution < -0.4 is 0 Å². The first kappa shape index (κ1) is 28.4. The number of para-hydroxylation sites is 1. The van der Waals surface area contributed by atoms with Crippen LogP contribution in [0.25, 0.3) is 0 Å². The van der Waals surface area contributed by atoms with Gasteiger partial charge in [-0.25, -0.2) is 0 Å². The fourth-order valence-electron chi connectivity index (χ4n) is 5.41. The topological polar surface area (TPSA) is 105 Å². The van der Waals surface area contributed by atoms with Crippen LogP contribution in [0.3, 0.4) is 0 Å². The van der Waals surface area contributed by atoms with Gasteiger partial charge in [-0.2, -0.15) is 13.2 Å². The lowest BCUT2D eigenvalue weighted by Gasteiger charge is -2.45. The molecule has 0 bridgehead atoms. The number of rotatable bonds is 7. The van der Waals surface area contributed by atoms with Gasteiger partial charge < -0.3 is 20.0 Å². The Morgan fingerprint density at radius 3 is 2.43 bits per heavy atom. The van der Waals surface area contributed by atoms with Gasteiger partial charge >= 0.3 is 6.18 Å². The first-order valence-corrected chi connectivity index (χ1v) is 12.5. The Balaban J connectivity index is 1.77. The van der Waals surface area contributed by atoms with Crippen molar-refractivity contribution in [1.29, 1.82) is 5.41 Å². The summed E-state index contributed by atoms with van der Waals surface area (Å²) in [5.41, 5.74) is -3.39. The molecule has 2 aliphatic heterocycles. The molecule has 0 aromatic heterocycles. The molecule has 10 heteroatoms. The van der Waals surface area contributed by atoms with Gasteiger partial charge in [-0.3, -0.25) is 15.0 Å². The van der Waals surface area contributed by atoms with Crippen molar-refractivity contribution in [3.8, 4) is 5.75 Å². The van der Waals surface area contributed by atoms with Crippen LogP contribution in [-0.4, -0.2) is 69.4 Å². The van der Waals surface area contributed by atoms with E-state index in [1.54, 1.807) is 23.1 Å². The lowest BCUT2D eigenvalue weighted by atomic mass is 9.81. The molecule has 2 fully saturated rings. The van der Waals surface area contributed by atoms with Gasteiger partial charge in [0.2, 0.25) is 5.91 Å². The van der Waals surface area contributed by atoms with Gasteiger partial charge in [-0.1, -0.05) is 44.2 Å². The number of carbonyl (C=O) groups excluding carboxylic acids is 2. The third kappa shape index (κ3) is 6.06. The number of phenolic OH excluding ortho intramolecular Hbond substituents is 1. The van der Waals surface area contributed by atoms with Crippen LogP contribution in [-0.2, 0) is 15.2 Å². The third-order valence-electron chi connectivity index (χ3n) is 7.32. The molecule has 1 aromatic rings. The highest BCUT2D eigenvalue weighted by Gasteiger charge is 2.45. The van der Waals surface area contributed by atoms with Crippen molar-refractivity contribution in [2.24, 2.45) is 5.92 Å². The molecule has 2 atom stereocenters. The maximum atomic E-state index is 13.6. The number of amides is 2. The Labute approximate surface area is 214 Å². The lowest BCUT2D eigenvalue weighted by molar-refractivity contribution is -0.146. The van der Waals surface area contributed by atoms with Crippen LogP contribution in [0.15, 0.2) is 48.6 Å². The summed E-state index contributed by atoms with van der Waals surface area (Å²) < 4.78 is 40.4. The molecule has 2 saturated heterocycles. The van der Waals surface area contributed by atoms with Crippen molar-refractivity contribution in [3.63, 3.8) is 0 Å². The minimum atomic E-state index is -4.88. The Hall–Kier alpha value is -3.14. The quantitative estimate of drug-likeness (QED) is 0.368. The van der Waals surface area contributed by atoms with E-state index in [0.717, 1.165) is 6.08 Å². The van der Waals surface area contributed by atoms with E-state index in [0.29, 0.717) is 37.3 Å². The fourth-order valence-corrected chi connectivity index (χ4v) is 5.41. The predicted octanol–water partition coefficient (Wildman–Crippen LogP) is 4.30. The molecule has 0 radical (unpaired) electrons. The number of aliphatic hydroxyl groups is 1. The largest absolute Gasteiger partial charge is 0.508 e. The van der Waals surface area contributed by atoms with Crippen molar-refractivity contribution in [2.45, 2.75) is 63.3 Å². The van der Waals surface area contributed by atoms with E-state index < -0.39 is 40.9 Å². The van der Waals surface area contributed by atoms with E-state index >= 15 is 0 Å². The number of allylic oxidation sites excluding steroid dienone is 2. The van der Waals surface area contributed by atoms with E-state index in [4.69, 9.17) is 5.41 Å². The molecule has 2 heterocycles. The second kappa shape index (κ2) is 11.5. The summed E-state index contributed by atoms with van der Waals surface area (Å²) in [5, 5.41) is 29.3. The van der Waals surface area contributed by atoms with Crippen molar-refractivity contribution >= 4 is 17.5 Å².